The summed E-state index contributed by atoms with van der Waals surface area (Å²) in [5, 5.41) is 10.6. The zero-order valence-corrected chi connectivity index (χ0v) is 14.5. The van der Waals surface area contributed by atoms with Gasteiger partial charge in [-0.1, -0.05) is 49.7 Å². The van der Waals surface area contributed by atoms with Crippen LogP contribution >= 0.6 is 0 Å². The van der Waals surface area contributed by atoms with Crippen molar-refractivity contribution in [3.63, 3.8) is 0 Å². The Bertz CT molecular complexity index is 659. The molecule has 2 rings (SSSR count). The fourth-order valence-electron chi connectivity index (χ4n) is 2.44. The third-order valence-electron chi connectivity index (χ3n) is 4.47. The zero-order valence-electron chi connectivity index (χ0n) is 13.7. The molecule has 22 heavy (non-hydrogen) atoms. The van der Waals surface area contributed by atoms with E-state index in [0.29, 0.717) is 6.42 Å². The van der Waals surface area contributed by atoms with Gasteiger partial charge in [0.2, 0.25) is 0 Å². The first-order valence-electron chi connectivity index (χ1n) is 7.66. The van der Waals surface area contributed by atoms with Gasteiger partial charge in [-0.05, 0) is 44.0 Å². The van der Waals surface area contributed by atoms with Crippen molar-refractivity contribution < 1.29 is 9.32 Å². The first-order valence-corrected chi connectivity index (χ1v) is 8.81. The second-order valence-electron chi connectivity index (χ2n) is 6.05. The predicted octanol–water partition coefficient (Wildman–Crippen LogP) is 4.43. The third-order valence-corrected chi connectivity index (χ3v) is 5.94. The molecule has 2 aromatic rings. The van der Waals surface area contributed by atoms with Gasteiger partial charge in [-0.2, -0.15) is 0 Å². The average molecular weight is 316 g/mol. The first kappa shape index (κ1) is 16.9. The summed E-state index contributed by atoms with van der Waals surface area (Å²) in [6.07, 6.45) is 0.652. The van der Waals surface area contributed by atoms with E-state index in [-0.39, 0.29) is 5.92 Å². The molecule has 0 aliphatic carbocycles. The molecule has 1 unspecified atom stereocenters. The van der Waals surface area contributed by atoms with Gasteiger partial charge in [-0.3, -0.25) is 0 Å². The number of aliphatic hydroxyl groups is 1. The van der Waals surface area contributed by atoms with E-state index >= 15 is 0 Å². The fraction of sp³-hybridized carbons (Fsp3) is 0.368. The summed E-state index contributed by atoms with van der Waals surface area (Å²) in [4.78, 5) is 1.58. The highest BCUT2D eigenvalue weighted by Gasteiger charge is 2.30. The zero-order chi connectivity index (χ0) is 16.3. The van der Waals surface area contributed by atoms with Crippen molar-refractivity contribution in [3.8, 4) is 0 Å². The standard InChI is InChI=1S/C19H24O2S/c1-5-19(4,20)15(3)17-8-6-7-9-18(17)22(21)16-12-10-14(2)11-13-16/h6-13,15,20H,5H2,1-4H3/t15-,19+,22?/m0/s1. The predicted molar refractivity (Wildman–Crippen MR) is 91.6 cm³/mol. The van der Waals surface area contributed by atoms with E-state index in [4.69, 9.17) is 0 Å². The highest BCUT2D eigenvalue weighted by Crippen LogP contribution is 2.34. The molecule has 118 valence electrons. The van der Waals surface area contributed by atoms with E-state index in [1.165, 1.54) is 0 Å². The maximum absolute atomic E-state index is 12.9. The van der Waals surface area contributed by atoms with Gasteiger partial charge in [0, 0.05) is 15.7 Å². The summed E-state index contributed by atoms with van der Waals surface area (Å²) in [5.74, 6) is -0.0805. The second kappa shape index (κ2) is 6.76. The molecule has 0 aliphatic heterocycles. The van der Waals surface area contributed by atoms with Gasteiger partial charge < -0.3 is 5.11 Å². The smallest absolute Gasteiger partial charge is 0.0852 e. The molecule has 3 atom stereocenters. The largest absolute Gasteiger partial charge is 0.390 e. The summed E-state index contributed by atoms with van der Waals surface area (Å²) < 4.78 is 12.9. The minimum atomic E-state index is -1.24. The van der Waals surface area contributed by atoms with Crippen LogP contribution in [0.25, 0.3) is 0 Å². The van der Waals surface area contributed by atoms with Crippen LogP contribution in [-0.4, -0.2) is 14.9 Å². The number of hydrogen-bond donors (Lipinski definition) is 1. The molecule has 3 heteroatoms. The Labute approximate surface area is 135 Å². The number of hydrogen-bond acceptors (Lipinski definition) is 2. The summed E-state index contributed by atoms with van der Waals surface area (Å²) in [6, 6.07) is 15.5. The molecule has 2 aromatic carbocycles. The van der Waals surface area contributed by atoms with Crippen LogP contribution in [0.1, 0.15) is 44.2 Å². The molecule has 0 radical (unpaired) electrons. The van der Waals surface area contributed by atoms with Gasteiger partial charge in [0.15, 0.2) is 0 Å². The average Bonchev–Trinajstić information content (AvgIpc) is 2.54. The SMILES string of the molecule is CC[C@@](C)(O)[C@@H](C)c1ccccc1S(=O)c1ccc(C)cc1. The lowest BCUT2D eigenvalue weighted by Gasteiger charge is -2.30. The van der Waals surface area contributed by atoms with Crippen LogP contribution in [0, 0.1) is 6.92 Å². The Balaban J connectivity index is 2.44. The van der Waals surface area contributed by atoms with Gasteiger partial charge in [0.25, 0.3) is 0 Å². The van der Waals surface area contributed by atoms with Crippen LogP contribution < -0.4 is 0 Å². The van der Waals surface area contributed by atoms with Crippen LogP contribution in [0.3, 0.4) is 0 Å². The molecule has 0 aliphatic rings. The van der Waals surface area contributed by atoms with E-state index in [1.54, 1.807) is 0 Å². The Morgan fingerprint density at radius 1 is 1.14 bits per heavy atom. The quantitative estimate of drug-likeness (QED) is 0.886. The number of aryl methyl sites for hydroxylation is 1. The Hall–Kier alpha value is -1.45. The number of benzene rings is 2. The van der Waals surface area contributed by atoms with Crippen molar-refractivity contribution in [1.82, 2.24) is 0 Å². The molecule has 0 fully saturated rings. The van der Waals surface area contributed by atoms with E-state index in [0.717, 1.165) is 20.9 Å². The van der Waals surface area contributed by atoms with E-state index in [9.17, 15) is 9.32 Å². The monoisotopic (exact) mass is 316 g/mol. The summed E-state index contributed by atoms with van der Waals surface area (Å²) in [6.45, 7) is 7.81. The third kappa shape index (κ3) is 3.47. The molecular formula is C19H24O2S. The van der Waals surface area contributed by atoms with Crippen molar-refractivity contribution in [3.05, 3.63) is 59.7 Å². The normalized spacial score (nSPS) is 16.8. The van der Waals surface area contributed by atoms with Crippen LogP contribution in [-0.2, 0) is 10.8 Å². The maximum Gasteiger partial charge on any atom is 0.0852 e. The topological polar surface area (TPSA) is 37.3 Å². The molecule has 0 saturated heterocycles. The summed E-state index contributed by atoms with van der Waals surface area (Å²) in [5.41, 5.74) is 1.29. The fourth-order valence-corrected chi connectivity index (χ4v) is 3.74. The molecule has 0 aromatic heterocycles. The van der Waals surface area contributed by atoms with Gasteiger partial charge in [-0.25, -0.2) is 4.21 Å². The van der Waals surface area contributed by atoms with Crippen LogP contribution in [0.2, 0.25) is 0 Å². The van der Waals surface area contributed by atoms with Crippen molar-refractivity contribution >= 4 is 10.8 Å². The molecule has 0 bridgehead atoms. The molecule has 0 amide bonds. The Morgan fingerprint density at radius 3 is 2.32 bits per heavy atom. The van der Waals surface area contributed by atoms with Crippen LogP contribution in [0.15, 0.2) is 58.3 Å². The molecule has 0 saturated carbocycles. The summed E-state index contributed by atoms with van der Waals surface area (Å²) >= 11 is 0. The molecular weight excluding hydrogens is 292 g/mol. The minimum Gasteiger partial charge on any atom is -0.390 e. The maximum atomic E-state index is 12.9. The molecule has 2 nitrogen and oxygen atoms in total. The van der Waals surface area contributed by atoms with Crippen molar-refractivity contribution in [2.45, 2.75) is 55.4 Å². The lowest BCUT2D eigenvalue weighted by Crippen LogP contribution is -2.30. The van der Waals surface area contributed by atoms with Crippen molar-refractivity contribution in [1.29, 1.82) is 0 Å². The highest BCUT2D eigenvalue weighted by atomic mass is 32.2. The highest BCUT2D eigenvalue weighted by molar-refractivity contribution is 7.85. The van der Waals surface area contributed by atoms with E-state index < -0.39 is 16.4 Å². The van der Waals surface area contributed by atoms with E-state index in [2.05, 4.69) is 0 Å². The van der Waals surface area contributed by atoms with E-state index in [1.807, 2.05) is 76.2 Å². The Kier molecular flexibility index (Phi) is 5.20. The first-order chi connectivity index (χ1) is 10.4. The van der Waals surface area contributed by atoms with Crippen LogP contribution in [0.4, 0.5) is 0 Å². The van der Waals surface area contributed by atoms with Gasteiger partial charge in [0.1, 0.15) is 0 Å². The Morgan fingerprint density at radius 2 is 1.73 bits per heavy atom. The second-order valence-corrected chi connectivity index (χ2v) is 7.50. The summed E-state index contributed by atoms with van der Waals surface area (Å²) in [7, 11) is -1.24. The van der Waals surface area contributed by atoms with Crippen molar-refractivity contribution in [2.75, 3.05) is 0 Å². The van der Waals surface area contributed by atoms with Gasteiger partial charge in [0.05, 0.1) is 16.4 Å². The lowest BCUT2D eigenvalue weighted by atomic mass is 9.83. The molecule has 1 N–H and O–H groups in total. The number of rotatable bonds is 5. The minimum absolute atomic E-state index is 0.0805. The molecule has 0 spiro atoms. The lowest BCUT2D eigenvalue weighted by molar-refractivity contribution is 0.0315. The molecule has 0 heterocycles. The van der Waals surface area contributed by atoms with Gasteiger partial charge in [-0.15, -0.1) is 0 Å². The van der Waals surface area contributed by atoms with Crippen LogP contribution in [0.5, 0.6) is 0 Å². The van der Waals surface area contributed by atoms with Gasteiger partial charge >= 0.3 is 0 Å². The van der Waals surface area contributed by atoms with Crippen molar-refractivity contribution in [2.24, 2.45) is 0 Å².